The normalized spacial score (nSPS) is 11.7. The second-order valence-electron chi connectivity index (χ2n) is 5.34. The van der Waals surface area contributed by atoms with E-state index in [1.807, 2.05) is 13.0 Å². The smallest absolute Gasteiger partial charge is 0.254 e. The lowest BCUT2D eigenvalue weighted by Gasteiger charge is -2.20. The van der Waals surface area contributed by atoms with Crippen LogP contribution in [0.1, 0.15) is 22.2 Å². The third-order valence-electron chi connectivity index (χ3n) is 3.52. The first-order chi connectivity index (χ1) is 11.3. The van der Waals surface area contributed by atoms with Gasteiger partial charge in [0.25, 0.3) is 5.91 Å². The summed E-state index contributed by atoms with van der Waals surface area (Å²) in [6.07, 6.45) is 0. The van der Waals surface area contributed by atoms with E-state index in [-0.39, 0.29) is 10.8 Å². The Kier molecular flexibility index (Phi) is 6.03. The van der Waals surface area contributed by atoms with Crippen molar-refractivity contribution in [2.24, 2.45) is 0 Å². The summed E-state index contributed by atoms with van der Waals surface area (Å²) in [7, 11) is -0.552. The second-order valence-corrected chi connectivity index (χ2v) is 9.29. The molecule has 2 rings (SSSR count). The molecule has 0 N–H and O–H groups in total. The summed E-state index contributed by atoms with van der Waals surface area (Å²) in [5.41, 5.74) is 0.456. The van der Waals surface area contributed by atoms with Gasteiger partial charge in [-0.25, -0.2) is 12.7 Å². The summed E-state index contributed by atoms with van der Waals surface area (Å²) < 4.78 is 26.0. The van der Waals surface area contributed by atoms with Crippen LogP contribution in [0, 0.1) is 0 Å². The van der Waals surface area contributed by atoms with Crippen molar-refractivity contribution in [2.75, 3.05) is 20.6 Å². The Bertz CT molecular complexity index is 814. The lowest BCUT2D eigenvalue weighted by atomic mass is 10.2. The van der Waals surface area contributed by atoms with Gasteiger partial charge in [-0.1, -0.05) is 11.6 Å². The van der Waals surface area contributed by atoms with Crippen LogP contribution in [0.25, 0.3) is 0 Å². The first-order valence-electron chi connectivity index (χ1n) is 7.31. The maximum atomic E-state index is 12.6. The SMILES string of the molecule is CCN(Cc1ccc(Cl)s1)C(=O)c1ccc(S(=O)(=O)N(C)C)cc1. The van der Waals surface area contributed by atoms with Gasteiger partial charge in [-0.2, -0.15) is 0 Å². The summed E-state index contributed by atoms with van der Waals surface area (Å²) in [6.45, 7) is 2.93. The number of halogens is 1. The molecule has 130 valence electrons. The van der Waals surface area contributed by atoms with E-state index in [0.717, 1.165) is 9.18 Å². The molecule has 1 aromatic heterocycles. The Morgan fingerprint density at radius 1 is 1.12 bits per heavy atom. The van der Waals surface area contributed by atoms with E-state index >= 15 is 0 Å². The van der Waals surface area contributed by atoms with Gasteiger partial charge in [0.1, 0.15) is 0 Å². The summed E-state index contributed by atoms with van der Waals surface area (Å²) in [5, 5.41) is 0. The van der Waals surface area contributed by atoms with Gasteiger partial charge in [0.2, 0.25) is 10.0 Å². The minimum absolute atomic E-state index is 0.143. The summed E-state index contributed by atoms with van der Waals surface area (Å²) in [6, 6.07) is 9.71. The predicted molar refractivity (Wildman–Crippen MR) is 97.1 cm³/mol. The molecule has 0 fully saturated rings. The summed E-state index contributed by atoms with van der Waals surface area (Å²) >= 11 is 7.36. The third-order valence-corrected chi connectivity index (χ3v) is 6.57. The third kappa shape index (κ3) is 4.16. The molecule has 0 aliphatic rings. The molecule has 0 atom stereocenters. The summed E-state index contributed by atoms with van der Waals surface area (Å²) in [4.78, 5) is 15.5. The molecule has 0 saturated heterocycles. The van der Waals surface area contributed by atoms with E-state index in [2.05, 4.69) is 0 Å². The van der Waals surface area contributed by atoms with Crippen LogP contribution in [-0.2, 0) is 16.6 Å². The van der Waals surface area contributed by atoms with Crippen LogP contribution in [0.15, 0.2) is 41.3 Å². The Labute approximate surface area is 151 Å². The van der Waals surface area contributed by atoms with E-state index in [0.29, 0.717) is 23.0 Å². The second kappa shape index (κ2) is 7.65. The number of carbonyl (C=O) groups is 1. The molecule has 0 radical (unpaired) electrons. The maximum absolute atomic E-state index is 12.6. The van der Waals surface area contributed by atoms with Crippen molar-refractivity contribution >= 4 is 38.9 Å². The van der Waals surface area contributed by atoms with Crippen LogP contribution in [-0.4, -0.2) is 44.2 Å². The van der Waals surface area contributed by atoms with Crippen molar-refractivity contribution in [2.45, 2.75) is 18.4 Å². The Hall–Kier alpha value is -1.41. The largest absolute Gasteiger partial charge is 0.334 e. The van der Waals surface area contributed by atoms with Gasteiger partial charge in [-0.05, 0) is 43.3 Å². The number of carbonyl (C=O) groups excluding carboxylic acids is 1. The van der Waals surface area contributed by atoms with E-state index in [1.165, 1.54) is 37.6 Å². The molecule has 1 heterocycles. The van der Waals surface area contributed by atoms with Gasteiger partial charge in [0, 0.05) is 31.1 Å². The molecule has 0 unspecified atom stereocenters. The first kappa shape index (κ1) is 18.9. The molecule has 0 spiro atoms. The zero-order valence-electron chi connectivity index (χ0n) is 13.7. The monoisotopic (exact) mass is 386 g/mol. The highest BCUT2D eigenvalue weighted by Gasteiger charge is 2.19. The van der Waals surface area contributed by atoms with Crippen LogP contribution in [0.3, 0.4) is 0 Å². The first-order valence-corrected chi connectivity index (χ1v) is 9.95. The van der Waals surface area contributed by atoms with E-state index in [4.69, 9.17) is 11.6 Å². The lowest BCUT2D eigenvalue weighted by Crippen LogP contribution is -2.30. The van der Waals surface area contributed by atoms with Gasteiger partial charge in [-0.15, -0.1) is 11.3 Å². The van der Waals surface area contributed by atoms with Crippen molar-refractivity contribution in [3.8, 4) is 0 Å². The molecule has 5 nitrogen and oxygen atoms in total. The van der Waals surface area contributed by atoms with Crippen LogP contribution in [0.4, 0.5) is 0 Å². The highest BCUT2D eigenvalue weighted by Crippen LogP contribution is 2.23. The van der Waals surface area contributed by atoms with Crippen LogP contribution >= 0.6 is 22.9 Å². The minimum Gasteiger partial charge on any atom is -0.334 e. The molecule has 2 aromatic rings. The van der Waals surface area contributed by atoms with E-state index < -0.39 is 10.0 Å². The predicted octanol–water partition coefficient (Wildman–Crippen LogP) is 3.31. The zero-order chi connectivity index (χ0) is 17.9. The fourth-order valence-electron chi connectivity index (χ4n) is 2.11. The van der Waals surface area contributed by atoms with Gasteiger partial charge >= 0.3 is 0 Å². The number of amides is 1. The highest BCUT2D eigenvalue weighted by molar-refractivity contribution is 7.89. The molecule has 0 aliphatic heterocycles. The molecule has 1 amide bonds. The topological polar surface area (TPSA) is 57.7 Å². The molecule has 0 bridgehead atoms. The summed E-state index contributed by atoms with van der Waals surface area (Å²) in [5.74, 6) is -0.143. The lowest BCUT2D eigenvalue weighted by molar-refractivity contribution is 0.0754. The van der Waals surface area contributed by atoms with Crippen molar-refractivity contribution in [1.82, 2.24) is 9.21 Å². The van der Waals surface area contributed by atoms with Gasteiger partial charge in [-0.3, -0.25) is 4.79 Å². The maximum Gasteiger partial charge on any atom is 0.254 e. The van der Waals surface area contributed by atoms with Crippen molar-refractivity contribution in [1.29, 1.82) is 0 Å². The Balaban J connectivity index is 2.19. The van der Waals surface area contributed by atoms with Crippen molar-refractivity contribution in [3.05, 3.63) is 51.2 Å². The van der Waals surface area contributed by atoms with Gasteiger partial charge < -0.3 is 4.90 Å². The van der Waals surface area contributed by atoms with Crippen LogP contribution < -0.4 is 0 Å². The molecular weight excluding hydrogens is 368 g/mol. The standard InChI is InChI=1S/C16H19ClN2O3S2/c1-4-19(11-13-7-10-15(17)23-13)16(20)12-5-8-14(9-6-12)24(21,22)18(2)3/h5-10H,4,11H2,1-3H3. The minimum atomic E-state index is -3.50. The average molecular weight is 387 g/mol. The van der Waals surface area contributed by atoms with Gasteiger partial charge in [0.05, 0.1) is 15.8 Å². The Morgan fingerprint density at radius 3 is 2.21 bits per heavy atom. The highest BCUT2D eigenvalue weighted by atomic mass is 35.5. The molecule has 24 heavy (non-hydrogen) atoms. The number of hydrogen-bond acceptors (Lipinski definition) is 4. The van der Waals surface area contributed by atoms with Crippen LogP contribution in [0.5, 0.6) is 0 Å². The van der Waals surface area contributed by atoms with E-state index in [9.17, 15) is 13.2 Å². The Morgan fingerprint density at radius 2 is 1.75 bits per heavy atom. The number of hydrogen-bond donors (Lipinski definition) is 0. The zero-order valence-corrected chi connectivity index (χ0v) is 16.1. The quantitative estimate of drug-likeness (QED) is 0.765. The molecule has 0 aliphatic carbocycles. The van der Waals surface area contributed by atoms with Crippen molar-refractivity contribution in [3.63, 3.8) is 0 Å². The number of rotatable bonds is 6. The molecular formula is C16H19ClN2O3S2. The molecule has 1 aromatic carbocycles. The molecule has 0 saturated carbocycles. The fraction of sp³-hybridized carbons (Fsp3) is 0.312. The average Bonchev–Trinajstić information content (AvgIpc) is 2.97. The number of benzene rings is 1. The number of sulfonamides is 1. The van der Waals surface area contributed by atoms with Gasteiger partial charge in [0.15, 0.2) is 0 Å². The van der Waals surface area contributed by atoms with Crippen molar-refractivity contribution < 1.29 is 13.2 Å². The number of thiophene rings is 1. The fourth-order valence-corrected chi connectivity index (χ4v) is 4.12. The van der Waals surface area contributed by atoms with E-state index in [1.54, 1.807) is 23.1 Å². The molecule has 8 heteroatoms. The number of nitrogens with zero attached hydrogens (tertiary/aromatic N) is 2. The van der Waals surface area contributed by atoms with Crippen LogP contribution in [0.2, 0.25) is 4.34 Å².